The van der Waals surface area contributed by atoms with Crippen LogP contribution in [0.25, 0.3) is 11.3 Å². The van der Waals surface area contributed by atoms with Crippen LogP contribution in [0.1, 0.15) is 16.9 Å². The Kier molecular flexibility index (Phi) is 5.01. The van der Waals surface area contributed by atoms with Crippen molar-refractivity contribution in [2.45, 2.75) is 20.4 Å². The van der Waals surface area contributed by atoms with E-state index in [9.17, 15) is 0 Å². The number of nitrogens with one attached hydrogen (secondary N) is 2. The van der Waals surface area contributed by atoms with Gasteiger partial charge in [0.1, 0.15) is 11.6 Å². The van der Waals surface area contributed by atoms with Crippen LogP contribution in [0.2, 0.25) is 0 Å². The first-order valence-electron chi connectivity index (χ1n) is 9.10. The summed E-state index contributed by atoms with van der Waals surface area (Å²) >= 11 is 0. The summed E-state index contributed by atoms with van der Waals surface area (Å²) in [6.07, 6.45) is 0. The van der Waals surface area contributed by atoms with E-state index in [4.69, 9.17) is 4.52 Å². The Morgan fingerprint density at radius 1 is 0.857 bits per heavy atom. The van der Waals surface area contributed by atoms with Gasteiger partial charge in [0.05, 0.1) is 5.69 Å². The molecule has 4 rings (SSSR count). The van der Waals surface area contributed by atoms with Crippen molar-refractivity contribution < 1.29 is 4.52 Å². The van der Waals surface area contributed by atoms with Gasteiger partial charge in [-0.2, -0.15) is 4.98 Å². The number of nitrogens with zero attached hydrogens (tertiary/aromatic N) is 3. The zero-order valence-electron chi connectivity index (χ0n) is 15.8. The van der Waals surface area contributed by atoms with Crippen molar-refractivity contribution in [2.75, 3.05) is 10.6 Å². The van der Waals surface area contributed by atoms with E-state index in [0.717, 1.165) is 22.8 Å². The molecule has 28 heavy (non-hydrogen) atoms. The van der Waals surface area contributed by atoms with Crippen LogP contribution in [0.4, 0.5) is 17.6 Å². The van der Waals surface area contributed by atoms with Crippen molar-refractivity contribution >= 4 is 17.6 Å². The molecule has 2 aromatic carbocycles. The van der Waals surface area contributed by atoms with Gasteiger partial charge in [-0.3, -0.25) is 0 Å². The zero-order chi connectivity index (χ0) is 19.3. The molecule has 0 aliphatic heterocycles. The molecule has 0 saturated carbocycles. The standard InChI is InChI=1S/C22H21N5O/c1-15-8-6-7-11-18(15)14-23-20-13-19(17-9-4-3-5-10-17)24-22(25-20)26-21-12-16(2)28-27-21/h3-13H,14H2,1-2H3,(H2,23,24,25,26,27). The Hall–Kier alpha value is -3.67. The van der Waals surface area contributed by atoms with Gasteiger partial charge in [-0.25, -0.2) is 4.98 Å². The normalized spacial score (nSPS) is 10.6. The van der Waals surface area contributed by atoms with Crippen molar-refractivity contribution in [1.29, 1.82) is 0 Å². The monoisotopic (exact) mass is 371 g/mol. The molecule has 4 aromatic rings. The van der Waals surface area contributed by atoms with E-state index in [1.807, 2.05) is 55.5 Å². The van der Waals surface area contributed by atoms with Gasteiger partial charge in [-0.05, 0) is 25.0 Å². The maximum atomic E-state index is 5.12. The summed E-state index contributed by atoms with van der Waals surface area (Å²) in [4.78, 5) is 9.23. The van der Waals surface area contributed by atoms with E-state index in [0.29, 0.717) is 18.3 Å². The topological polar surface area (TPSA) is 75.9 Å². The third kappa shape index (κ3) is 4.17. The zero-order valence-corrected chi connectivity index (χ0v) is 15.8. The molecular weight excluding hydrogens is 350 g/mol. The minimum Gasteiger partial charge on any atom is -0.366 e. The molecule has 0 spiro atoms. The fourth-order valence-electron chi connectivity index (χ4n) is 2.88. The number of hydrogen-bond acceptors (Lipinski definition) is 6. The van der Waals surface area contributed by atoms with Crippen LogP contribution < -0.4 is 10.6 Å². The molecule has 0 saturated heterocycles. The summed E-state index contributed by atoms with van der Waals surface area (Å²) in [5.41, 5.74) is 4.31. The number of aryl methyl sites for hydroxylation is 2. The molecular formula is C22H21N5O. The number of aromatic nitrogens is 3. The minimum atomic E-state index is 0.460. The highest BCUT2D eigenvalue weighted by Crippen LogP contribution is 2.23. The third-order valence-electron chi connectivity index (χ3n) is 4.38. The average molecular weight is 371 g/mol. The van der Waals surface area contributed by atoms with Gasteiger partial charge in [0.15, 0.2) is 5.82 Å². The second-order valence-corrected chi connectivity index (χ2v) is 6.56. The summed E-state index contributed by atoms with van der Waals surface area (Å²) in [6, 6.07) is 22.1. The van der Waals surface area contributed by atoms with Crippen LogP contribution in [-0.2, 0) is 6.54 Å². The second kappa shape index (κ2) is 7.92. The lowest BCUT2D eigenvalue weighted by Crippen LogP contribution is -2.06. The maximum absolute atomic E-state index is 5.12. The Balaban J connectivity index is 1.64. The van der Waals surface area contributed by atoms with E-state index in [2.05, 4.69) is 44.8 Å². The van der Waals surface area contributed by atoms with Crippen LogP contribution in [0.3, 0.4) is 0 Å². The van der Waals surface area contributed by atoms with E-state index in [1.165, 1.54) is 11.1 Å². The maximum Gasteiger partial charge on any atom is 0.231 e. The quantitative estimate of drug-likeness (QED) is 0.491. The third-order valence-corrected chi connectivity index (χ3v) is 4.38. The molecule has 0 bridgehead atoms. The SMILES string of the molecule is Cc1cc(Nc2nc(NCc3ccccc3C)cc(-c3ccccc3)n2)no1. The lowest BCUT2D eigenvalue weighted by atomic mass is 10.1. The predicted molar refractivity (Wildman–Crippen MR) is 110 cm³/mol. The Bertz CT molecular complexity index is 1080. The van der Waals surface area contributed by atoms with Crippen LogP contribution in [0.15, 0.2) is 71.3 Å². The van der Waals surface area contributed by atoms with Gasteiger partial charge >= 0.3 is 0 Å². The number of hydrogen-bond donors (Lipinski definition) is 2. The summed E-state index contributed by atoms with van der Waals surface area (Å²) in [5.74, 6) is 2.49. The van der Waals surface area contributed by atoms with Crippen molar-refractivity contribution in [1.82, 2.24) is 15.1 Å². The van der Waals surface area contributed by atoms with Gasteiger partial charge in [0.2, 0.25) is 5.95 Å². The predicted octanol–water partition coefficient (Wildman–Crippen LogP) is 5.10. The fourth-order valence-corrected chi connectivity index (χ4v) is 2.88. The average Bonchev–Trinajstić information content (AvgIpc) is 3.12. The summed E-state index contributed by atoms with van der Waals surface area (Å²) in [5, 5.41) is 10.5. The minimum absolute atomic E-state index is 0.460. The fraction of sp³-hybridized carbons (Fsp3) is 0.136. The molecule has 6 heteroatoms. The first kappa shape index (κ1) is 17.7. The van der Waals surface area contributed by atoms with E-state index >= 15 is 0 Å². The molecule has 0 amide bonds. The van der Waals surface area contributed by atoms with E-state index in [-0.39, 0.29) is 0 Å². The molecule has 140 valence electrons. The van der Waals surface area contributed by atoms with Gasteiger partial charge in [-0.1, -0.05) is 59.8 Å². The highest BCUT2D eigenvalue weighted by atomic mass is 16.5. The molecule has 0 radical (unpaired) electrons. The molecule has 0 fully saturated rings. The number of anilines is 3. The van der Waals surface area contributed by atoms with Gasteiger partial charge in [-0.15, -0.1) is 0 Å². The summed E-state index contributed by atoms with van der Waals surface area (Å²) in [6.45, 7) is 4.63. The molecule has 6 nitrogen and oxygen atoms in total. The first-order valence-corrected chi connectivity index (χ1v) is 9.10. The largest absolute Gasteiger partial charge is 0.366 e. The van der Waals surface area contributed by atoms with Crippen LogP contribution in [0, 0.1) is 13.8 Å². The van der Waals surface area contributed by atoms with Crippen molar-refractivity contribution in [3.63, 3.8) is 0 Å². The highest BCUT2D eigenvalue weighted by molar-refractivity contribution is 5.65. The smallest absolute Gasteiger partial charge is 0.231 e. The number of rotatable bonds is 6. The number of benzene rings is 2. The molecule has 0 aliphatic rings. The molecule has 2 N–H and O–H groups in total. The van der Waals surface area contributed by atoms with Crippen molar-refractivity contribution in [3.8, 4) is 11.3 Å². The van der Waals surface area contributed by atoms with Crippen molar-refractivity contribution in [2.24, 2.45) is 0 Å². The molecule has 0 aliphatic carbocycles. The highest BCUT2D eigenvalue weighted by Gasteiger charge is 2.09. The van der Waals surface area contributed by atoms with E-state index < -0.39 is 0 Å². The Morgan fingerprint density at radius 3 is 2.39 bits per heavy atom. The van der Waals surface area contributed by atoms with Crippen LogP contribution >= 0.6 is 0 Å². The van der Waals surface area contributed by atoms with Crippen LogP contribution in [0.5, 0.6) is 0 Å². The van der Waals surface area contributed by atoms with Crippen LogP contribution in [-0.4, -0.2) is 15.1 Å². The Labute approximate surface area is 163 Å². The molecule has 0 unspecified atom stereocenters. The lowest BCUT2D eigenvalue weighted by Gasteiger charge is -2.11. The van der Waals surface area contributed by atoms with Gasteiger partial charge in [0, 0.05) is 24.2 Å². The second-order valence-electron chi connectivity index (χ2n) is 6.56. The molecule has 2 heterocycles. The molecule has 0 atom stereocenters. The van der Waals surface area contributed by atoms with Gasteiger partial charge in [0.25, 0.3) is 0 Å². The first-order chi connectivity index (χ1) is 13.7. The summed E-state index contributed by atoms with van der Waals surface area (Å²) in [7, 11) is 0. The van der Waals surface area contributed by atoms with Gasteiger partial charge < -0.3 is 15.2 Å². The summed E-state index contributed by atoms with van der Waals surface area (Å²) < 4.78 is 5.12. The van der Waals surface area contributed by atoms with E-state index in [1.54, 1.807) is 6.07 Å². The molecule has 2 aromatic heterocycles. The Morgan fingerprint density at radius 2 is 1.64 bits per heavy atom. The van der Waals surface area contributed by atoms with Crippen molar-refractivity contribution in [3.05, 3.63) is 83.6 Å². The lowest BCUT2D eigenvalue weighted by molar-refractivity contribution is 0.400.